The minimum absolute atomic E-state index is 0.0644. The van der Waals surface area contributed by atoms with E-state index in [2.05, 4.69) is 21.9 Å². The van der Waals surface area contributed by atoms with Gasteiger partial charge in [0.25, 0.3) is 5.56 Å². The van der Waals surface area contributed by atoms with Crippen molar-refractivity contribution in [2.45, 2.75) is 6.54 Å². The van der Waals surface area contributed by atoms with Crippen LogP contribution in [0.5, 0.6) is 0 Å². The van der Waals surface area contributed by atoms with Crippen molar-refractivity contribution in [1.82, 2.24) is 15.3 Å². The minimum atomic E-state index is -0.0644. The topological polar surface area (TPSA) is 57.8 Å². The van der Waals surface area contributed by atoms with Crippen molar-refractivity contribution in [1.29, 1.82) is 0 Å². The fourth-order valence-electron chi connectivity index (χ4n) is 1.30. The van der Waals surface area contributed by atoms with Crippen molar-refractivity contribution in [3.63, 3.8) is 0 Å². The summed E-state index contributed by atoms with van der Waals surface area (Å²) in [5, 5.41) is 4.96. The van der Waals surface area contributed by atoms with E-state index in [-0.39, 0.29) is 5.56 Å². The first kappa shape index (κ1) is 10.1. The Balaban J connectivity index is 2.28. The van der Waals surface area contributed by atoms with E-state index < -0.39 is 0 Å². The number of rotatable bonds is 4. The number of thiophene rings is 1. The van der Waals surface area contributed by atoms with Crippen LogP contribution in [-0.2, 0) is 6.54 Å². The molecule has 2 aromatic rings. The number of H-pyrrole nitrogens is 1. The second-order valence-electron chi connectivity index (χ2n) is 3.07. The fraction of sp³-hybridized carbons (Fsp3) is 0.200. The molecule has 4 nitrogen and oxygen atoms in total. The van der Waals surface area contributed by atoms with Gasteiger partial charge in [0.1, 0.15) is 10.5 Å². The van der Waals surface area contributed by atoms with E-state index in [0.717, 1.165) is 5.52 Å². The monoisotopic (exact) mass is 221 g/mol. The van der Waals surface area contributed by atoms with Gasteiger partial charge in [-0.25, -0.2) is 4.98 Å². The quantitative estimate of drug-likeness (QED) is 0.603. The first-order valence-electron chi connectivity index (χ1n) is 4.59. The van der Waals surface area contributed by atoms with Gasteiger partial charge in [-0.2, -0.15) is 0 Å². The number of aromatic nitrogens is 2. The Morgan fingerprint density at radius 2 is 2.53 bits per heavy atom. The van der Waals surface area contributed by atoms with E-state index in [0.29, 0.717) is 23.6 Å². The number of hydrogen-bond donors (Lipinski definition) is 2. The Morgan fingerprint density at radius 3 is 3.33 bits per heavy atom. The van der Waals surface area contributed by atoms with Gasteiger partial charge in [0.05, 0.1) is 12.1 Å². The third-order valence-electron chi connectivity index (χ3n) is 1.95. The first-order valence-corrected chi connectivity index (χ1v) is 5.47. The standard InChI is InChI=1S/C10H11N3OS/c1-2-4-11-6-8-12-7-3-5-15-9(7)10(14)13-8/h2-3,5,11H,1,4,6H2,(H,12,13,14). The summed E-state index contributed by atoms with van der Waals surface area (Å²) < 4.78 is 0.683. The maximum atomic E-state index is 11.6. The van der Waals surface area contributed by atoms with Crippen molar-refractivity contribution in [3.8, 4) is 0 Å². The second kappa shape index (κ2) is 4.37. The smallest absolute Gasteiger partial charge is 0.268 e. The number of nitrogens with zero attached hydrogens (tertiary/aromatic N) is 1. The third kappa shape index (κ3) is 2.14. The van der Waals surface area contributed by atoms with Crippen LogP contribution in [0.2, 0.25) is 0 Å². The Kier molecular flexibility index (Phi) is 2.94. The van der Waals surface area contributed by atoms with E-state index in [9.17, 15) is 4.79 Å². The van der Waals surface area contributed by atoms with E-state index in [1.54, 1.807) is 6.08 Å². The highest BCUT2D eigenvalue weighted by molar-refractivity contribution is 7.17. The average molecular weight is 221 g/mol. The summed E-state index contributed by atoms with van der Waals surface area (Å²) in [6, 6.07) is 1.85. The molecule has 0 saturated carbocycles. The molecule has 0 atom stereocenters. The Hall–Kier alpha value is -1.46. The highest BCUT2D eigenvalue weighted by atomic mass is 32.1. The molecular formula is C10H11N3OS. The van der Waals surface area contributed by atoms with Crippen molar-refractivity contribution < 1.29 is 0 Å². The van der Waals surface area contributed by atoms with Crippen LogP contribution in [0.3, 0.4) is 0 Å². The normalized spacial score (nSPS) is 10.7. The Morgan fingerprint density at radius 1 is 1.67 bits per heavy atom. The van der Waals surface area contributed by atoms with Crippen molar-refractivity contribution >= 4 is 21.6 Å². The molecule has 0 bridgehead atoms. The summed E-state index contributed by atoms with van der Waals surface area (Å²) in [4.78, 5) is 18.6. The third-order valence-corrected chi connectivity index (χ3v) is 2.85. The summed E-state index contributed by atoms with van der Waals surface area (Å²) in [6.45, 7) is 4.85. The minimum Gasteiger partial charge on any atom is -0.308 e. The Bertz CT molecular complexity index is 529. The summed E-state index contributed by atoms with van der Waals surface area (Å²) in [7, 11) is 0. The molecule has 78 valence electrons. The maximum Gasteiger partial charge on any atom is 0.268 e. The zero-order valence-electron chi connectivity index (χ0n) is 8.12. The van der Waals surface area contributed by atoms with E-state index in [4.69, 9.17) is 0 Å². The molecule has 0 aromatic carbocycles. The van der Waals surface area contributed by atoms with Crippen molar-refractivity contribution in [2.75, 3.05) is 6.54 Å². The van der Waals surface area contributed by atoms with Crippen molar-refractivity contribution in [3.05, 3.63) is 40.3 Å². The van der Waals surface area contributed by atoms with E-state index in [1.807, 2.05) is 11.4 Å². The molecule has 2 N–H and O–H groups in total. The van der Waals surface area contributed by atoms with Gasteiger partial charge in [0, 0.05) is 6.54 Å². The molecule has 0 aliphatic rings. The lowest BCUT2D eigenvalue weighted by Crippen LogP contribution is -2.18. The number of hydrogen-bond acceptors (Lipinski definition) is 4. The zero-order chi connectivity index (χ0) is 10.7. The highest BCUT2D eigenvalue weighted by Gasteiger charge is 2.03. The van der Waals surface area contributed by atoms with Crippen LogP contribution in [0.15, 0.2) is 28.9 Å². The van der Waals surface area contributed by atoms with Gasteiger partial charge in [-0.1, -0.05) is 6.08 Å². The lowest BCUT2D eigenvalue weighted by Gasteiger charge is -2.00. The summed E-state index contributed by atoms with van der Waals surface area (Å²) in [5.74, 6) is 0.660. The van der Waals surface area contributed by atoms with Gasteiger partial charge >= 0.3 is 0 Å². The molecule has 0 amide bonds. The van der Waals surface area contributed by atoms with Crippen LogP contribution in [0.25, 0.3) is 10.2 Å². The zero-order valence-corrected chi connectivity index (χ0v) is 8.93. The molecule has 2 rings (SSSR count). The fourth-order valence-corrected chi connectivity index (χ4v) is 2.02. The van der Waals surface area contributed by atoms with Gasteiger partial charge in [-0.05, 0) is 11.4 Å². The van der Waals surface area contributed by atoms with Crippen LogP contribution >= 0.6 is 11.3 Å². The molecule has 0 aliphatic heterocycles. The van der Waals surface area contributed by atoms with Gasteiger partial charge in [0.15, 0.2) is 0 Å². The molecule has 0 aliphatic carbocycles. The van der Waals surface area contributed by atoms with Crippen LogP contribution < -0.4 is 10.9 Å². The molecule has 2 heterocycles. The van der Waals surface area contributed by atoms with Gasteiger partial charge < -0.3 is 10.3 Å². The Labute approximate surface area is 90.7 Å². The van der Waals surface area contributed by atoms with E-state index in [1.165, 1.54) is 11.3 Å². The van der Waals surface area contributed by atoms with Crippen LogP contribution in [0.4, 0.5) is 0 Å². The van der Waals surface area contributed by atoms with Gasteiger partial charge in [0.2, 0.25) is 0 Å². The molecule has 5 heteroatoms. The van der Waals surface area contributed by atoms with Gasteiger partial charge in [-0.3, -0.25) is 4.79 Å². The lowest BCUT2D eigenvalue weighted by atomic mass is 10.4. The summed E-state index contributed by atoms with van der Waals surface area (Å²) in [6.07, 6.45) is 1.77. The van der Waals surface area contributed by atoms with E-state index >= 15 is 0 Å². The first-order chi connectivity index (χ1) is 7.31. The molecule has 0 saturated heterocycles. The lowest BCUT2D eigenvalue weighted by molar-refractivity contribution is 0.717. The largest absolute Gasteiger partial charge is 0.308 e. The molecular weight excluding hydrogens is 210 g/mol. The number of aromatic amines is 1. The predicted molar refractivity (Wildman–Crippen MR) is 62.1 cm³/mol. The highest BCUT2D eigenvalue weighted by Crippen LogP contribution is 2.13. The molecule has 0 spiro atoms. The van der Waals surface area contributed by atoms with Gasteiger partial charge in [-0.15, -0.1) is 17.9 Å². The molecule has 0 radical (unpaired) electrons. The van der Waals surface area contributed by atoms with Crippen molar-refractivity contribution in [2.24, 2.45) is 0 Å². The molecule has 15 heavy (non-hydrogen) atoms. The molecule has 2 aromatic heterocycles. The number of nitrogens with one attached hydrogen (secondary N) is 2. The molecule has 0 fully saturated rings. The van der Waals surface area contributed by atoms with Crippen LogP contribution in [-0.4, -0.2) is 16.5 Å². The van der Waals surface area contributed by atoms with Crippen LogP contribution in [0.1, 0.15) is 5.82 Å². The SMILES string of the molecule is C=CCNCc1nc2ccsc2c(=O)[nH]1. The molecule has 0 unspecified atom stereocenters. The predicted octanol–water partition coefficient (Wildman–Crippen LogP) is 1.26. The second-order valence-corrected chi connectivity index (χ2v) is 3.98. The summed E-state index contributed by atoms with van der Waals surface area (Å²) in [5.41, 5.74) is 0.699. The summed E-state index contributed by atoms with van der Waals surface area (Å²) >= 11 is 1.41. The average Bonchev–Trinajstić information content (AvgIpc) is 2.66. The van der Waals surface area contributed by atoms with Crippen LogP contribution in [0, 0.1) is 0 Å². The number of fused-ring (bicyclic) bond motifs is 1. The maximum absolute atomic E-state index is 11.6.